The molecule has 0 unspecified atom stereocenters. The molecule has 0 aliphatic carbocycles. The summed E-state index contributed by atoms with van der Waals surface area (Å²) in [7, 11) is 7.71. The van der Waals surface area contributed by atoms with Crippen molar-refractivity contribution in [2.45, 2.75) is 18.6 Å². The van der Waals surface area contributed by atoms with Crippen LogP contribution < -0.4 is 0 Å². The number of carbonyl (C=O) groups excluding carboxylic acids is 1. The topological polar surface area (TPSA) is 73.3 Å². The van der Waals surface area contributed by atoms with E-state index in [0.717, 1.165) is 25.3 Å². The van der Waals surface area contributed by atoms with Gasteiger partial charge in [-0.15, -0.1) is 5.10 Å². The van der Waals surface area contributed by atoms with Crippen LogP contribution in [-0.4, -0.2) is 87.9 Å². The van der Waals surface area contributed by atoms with Gasteiger partial charge in [0.25, 0.3) is 5.91 Å². The van der Waals surface area contributed by atoms with E-state index < -0.39 is 0 Å². The van der Waals surface area contributed by atoms with Gasteiger partial charge in [-0.2, -0.15) is 0 Å². The number of aromatic nitrogens is 4. The quantitative estimate of drug-likeness (QED) is 0.853. The number of rotatable bonds is 5. The summed E-state index contributed by atoms with van der Waals surface area (Å²) in [5.41, 5.74) is 1.68. The number of likely N-dealkylation sites (N-methyl/N-ethyl adjacent to an activating group) is 1. The summed E-state index contributed by atoms with van der Waals surface area (Å²) in [5.74, 6) is -0.00525. The molecule has 8 nitrogen and oxygen atoms in total. The van der Waals surface area contributed by atoms with E-state index in [9.17, 15) is 4.79 Å². The minimum absolute atomic E-state index is 0.00525. The molecule has 2 aromatic heterocycles. The third-order valence-corrected chi connectivity index (χ3v) is 4.56. The summed E-state index contributed by atoms with van der Waals surface area (Å²) in [6, 6.07) is 4.50. The Kier molecular flexibility index (Phi) is 4.68. The van der Waals surface area contributed by atoms with Crippen molar-refractivity contribution in [3.63, 3.8) is 0 Å². The lowest BCUT2D eigenvalue weighted by Gasteiger charge is -2.24. The minimum Gasteiger partial charge on any atom is -0.353 e. The molecule has 0 aromatic carbocycles. The molecule has 1 N–H and O–H groups in total. The Balaban J connectivity index is 1.69. The fourth-order valence-electron chi connectivity index (χ4n) is 3.28. The minimum atomic E-state index is -0.00525. The number of amides is 1. The zero-order chi connectivity index (χ0) is 17.3. The maximum Gasteiger partial charge on any atom is 0.269 e. The first-order chi connectivity index (χ1) is 11.5. The van der Waals surface area contributed by atoms with Crippen LogP contribution in [0.15, 0.2) is 24.5 Å². The SMILES string of the molecule is CN(C)C(=O)c1ccc(CN2C[C@@H](N(C)C)[C@@H](n3ccnn3)C2)[nH]1. The predicted octanol–water partition coefficient (Wildman–Crippen LogP) is 0.295. The molecule has 1 fully saturated rings. The van der Waals surface area contributed by atoms with Crippen molar-refractivity contribution in [2.24, 2.45) is 0 Å². The van der Waals surface area contributed by atoms with Crippen LogP contribution in [0.25, 0.3) is 0 Å². The third kappa shape index (κ3) is 3.34. The molecule has 2 aromatic rings. The average Bonchev–Trinajstić information content (AvgIpc) is 3.26. The van der Waals surface area contributed by atoms with E-state index in [1.807, 2.05) is 23.0 Å². The fraction of sp³-hybridized carbons (Fsp3) is 0.562. The summed E-state index contributed by atoms with van der Waals surface area (Å²) in [6.45, 7) is 2.64. The second-order valence-electron chi connectivity index (χ2n) is 6.77. The van der Waals surface area contributed by atoms with Gasteiger partial charge in [0.1, 0.15) is 5.69 Å². The normalized spacial score (nSPS) is 21.5. The Morgan fingerprint density at radius 3 is 2.71 bits per heavy atom. The molecule has 0 bridgehead atoms. The molecule has 1 saturated heterocycles. The van der Waals surface area contributed by atoms with Crippen LogP contribution >= 0.6 is 0 Å². The van der Waals surface area contributed by atoms with Crippen LogP contribution in [-0.2, 0) is 6.54 Å². The predicted molar refractivity (Wildman–Crippen MR) is 90.6 cm³/mol. The molecule has 2 atom stereocenters. The van der Waals surface area contributed by atoms with Gasteiger partial charge in [-0.05, 0) is 26.2 Å². The average molecular weight is 331 g/mol. The first kappa shape index (κ1) is 16.7. The highest BCUT2D eigenvalue weighted by Gasteiger charge is 2.36. The number of likely N-dealkylation sites (tertiary alicyclic amines) is 1. The molecular weight excluding hydrogens is 306 g/mol. The van der Waals surface area contributed by atoms with Crippen molar-refractivity contribution < 1.29 is 4.79 Å². The molecule has 0 spiro atoms. The maximum atomic E-state index is 12.0. The van der Waals surface area contributed by atoms with E-state index in [2.05, 4.69) is 39.2 Å². The molecule has 24 heavy (non-hydrogen) atoms. The zero-order valence-corrected chi connectivity index (χ0v) is 14.7. The van der Waals surface area contributed by atoms with Crippen LogP contribution in [0.4, 0.5) is 0 Å². The molecule has 1 aliphatic heterocycles. The number of nitrogens with zero attached hydrogens (tertiary/aromatic N) is 6. The Morgan fingerprint density at radius 1 is 1.29 bits per heavy atom. The van der Waals surface area contributed by atoms with Crippen LogP contribution in [0.2, 0.25) is 0 Å². The molecule has 1 amide bonds. The third-order valence-electron chi connectivity index (χ3n) is 4.56. The van der Waals surface area contributed by atoms with E-state index in [-0.39, 0.29) is 11.9 Å². The van der Waals surface area contributed by atoms with Crippen molar-refractivity contribution in [3.8, 4) is 0 Å². The Bertz CT molecular complexity index is 676. The summed E-state index contributed by atoms with van der Waals surface area (Å²) in [4.78, 5) is 21.4. The van der Waals surface area contributed by atoms with Crippen LogP contribution in [0.1, 0.15) is 22.2 Å². The Morgan fingerprint density at radius 2 is 2.08 bits per heavy atom. The lowest BCUT2D eigenvalue weighted by molar-refractivity contribution is 0.0822. The lowest BCUT2D eigenvalue weighted by Crippen LogP contribution is -2.36. The molecular formula is C16H25N7O. The second kappa shape index (κ2) is 6.74. The van der Waals surface area contributed by atoms with E-state index in [1.165, 1.54) is 0 Å². The second-order valence-corrected chi connectivity index (χ2v) is 6.77. The van der Waals surface area contributed by atoms with Crippen molar-refractivity contribution in [1.29, 1.82) is 0 Å². The standard InChI is InChI=1S/C16H25N7O/c1-20(2)14-10-22(11-15(14)23-8-7-17-19-23)9-12-5-6-13(18-12)16(24)21(3)4/h5-8,14-15,18H,9-11H2,1-4H3/t14-,15+/m1/s1. The summed E-state index contributed by atoms with van der Waals surface area (Å²) < 4.78 is 1.94. The van der Waals surface area contributed by atoms with Crippen LogP contribution in [0.5, 0.6) is 0 Å². The van der Waals surface area contributed by atoms with Gasteiger partial charge in [-0.25, -0.2) is 4.68 Å². The number of hydrogen-bond donors (Lipinski definition) is 1. The molecule has 3 heterocycles. The Hall–Kier alpha value is -2.19. The number of nitrogens with one attached hydrogen (secondary N) is 1. The van der Waals surface area contributed by atoms with Crippen molar-refractivity contribution >= 4 is 5.91 Å². The van der Waals surface area contributed by atoms with Crippen LogP contribution in [0.3, 0.4) is 0 Å². The number of aromatic amines is 1. The number of H-pyrrole nitrogens is 1. The van der Waals surface area contributed by atoms with Gasteiger partial charge in [0.05, 0.1) is 12.2 Å². The molecule has 3 rings (SSSR count). The van der Waals surface area contributed by atoms with Crippen molar-refractivity contribution in [1.82, 2.24) is 34.7 Å². The molecule has 0 saturated carbocycles. The highest BCUT2D eigenvalue weighted by molar-refractivity contribution is 5.92. The van der Waals surface area contributed by atoms with Crippen LogP contribution in [0, 0.1) is 0 Å². The molecule has 8 heteroatoms. The largest absolute Gasteiger partial charge is 0.353 e. The monoisotopic (exact) mass is 331 g/mol. The summed E-state index contributed by atoms with van der Waals surface area (Å²) in [6.07, 6.45) is 3.65. The summed E-state index contributed by atoms with van der Waals surface area (Å²) in [5, 5.41) is 8.11. The summed E-state index contributed by atoms with van der Waals surface area (Å²) >= 11 is 0. The number of carbonyl (C=O) groups is 1. The lowest BCUT2D eigenvalue weighted by atomic mass is 10.1. The smallest absolute Gasteiger partial charge is 0.269 e. The van der Waals surface area contributed by atoms with Gasteiger partial charge >= 0.3 is 0 Å². The van der Waals surface area contributed by atoms with Crippen molar-refractivity contribution in [2.75, 3.05) is 41.3 Å². The van der Waals surface area contributed by atoms with Gasteiger partial charge < -0.3 is 14.8 Å². The molecule has 0 radical (unpaired) electrons. The maximum absolute atomic E-state index is 12.0. The highest BCUT2D eigenvalue weighted by Crippen LogP contribution is 2.25. The fourth-order valence-corrected chi connectivity index (χ4v) is 3.28. The Labute approximate surface area is 142 Å². The van der Waals surface area contributed by atoms with Gasteiger partial charge in [0.2, 0.25) is 0 Å². The zero-order valence-electron chi connectivity index (χ0n) is 14.7. The van der Waals surface area contributed by atoms with Gasteiger partial charge in [-0.1, -0.05) is 5.21 Å². The molecule has 130 valence electrons. The van der Waals surface area contributed by atoms with Crippen molar-refractivity contribution in [3.05, 3.63) is 35.9 Å². The van der Waals surface area contributed by atoms with E-state index in [4.69, 9.17) is 0 Å². The van der Waals surface area contributed by atoms with E-state index >= 15 is 0 Å². The van der Waals surface area contributed by atoms with Gasteiger partial charge in [0, 0.05) is 51.7 Å². The first-order valence-corrected chi connectivity index (χ1v) is 8.10. The molecule has 1 aliphatic rings. The first-order valence-electron chi connectivity index (χ1n) is 8.10. The number of hydrogen-bond acceptors (Lipinski definition) is 5. The van der Waals surface area contributed by atoms with E-state index in [0.29, 0.717) is 11.7 Å². The van der Waals surface area contributed by atoms with Gasteiger partial charge in [-0.3, -0.25) is 9.69 Å². The van der Waals surface area contributed by atoms with Gasteiger partial charge in [0.15, 0.2) is 0 Å². The van der Waals surface area contributed by atoms with E-state index in [1.54, 1.807) is 25.2 Å². The highest BCUT2D eigenvalue weighted by atomic mass is 16.2.